The Labute approximate surface area is 186 Å². The Morgan fingerprint density at radius 1 is 1.30 bits per heavy atom. The summed E-state index contributed by atoms with van der Waals surface area (Å²) >= 11 is 7.91. The second kappa shape index (κ2) is 9.25. The summed E-state index contributed by atoms with van der Waals surface area (Å²) < 4.78 is 2.11. The minimum atomic E-state index is 0.392. The molecule has 3 aromatic rings. The monoisotopic (exact) mass is 440 g/mol. The molecule has 0 radical (unpaired) electrons. The van der Waals surface area contributed by atoms with Gasteiger partial charge in [-0.2, -0.15) is 0 Å². The number of nitrogen functional groups attached to an aromatic ring is 1. The van der Waals surface area contributed by atoms with Gasteiger partial charge in [-0.25, -0.2) is 15.0 Å². The van der Waals surface area contributed by atoms with E-state index in [1.807, 2.05) is 12.1 Å². The smallest absolute Gasteiger partial charge is 0.175 e. The number of fused-ring (bicyclic) bond motifs is 1. The van der Waals surface area contributed by atoms with Crippen molar-refractivity contribution in [3.8, 4) is 11.8 Å². The van der Waals surface area contributed by atoms with Crippen molar-refractivity contribution in [3.63, 3.8) is 0 Å². The highest BCUT2D eigenvalue weighted by atomic mass is 35.5. The van der Waals surface area contributed by atoms with E-state index in [-0.39, 0.29) is 0 Å². The van der Waals surface area contributed by atoms with Crippen molar-refractivity contribution >= 4 is 40.3 Å². The molecule has 0 aliphatic heterocycles. The first-order valence-electron chi connectivity index (χ1n) is 10.2. The first-order chi connectivity index (χ1) is 14.5. The first-order valence-corrected chi connectivity index (χ1v) is 11.4. The molecule has 0 unspecified atom stereocenters. The molecule has 0 bridgehead atoms. The highest BCUT2D eigenvalue weighted by Gasteiger charge is 2.18. The van der Waals surface area contributed by atoms with Gasteiger partial charge in [0.05, 0.1) is 0 Å². The van der Waals surface area contributed by atoms with Crippen molar-refractivity contribution in [2.24, 2.45) is 5.92 Å². The molecule has 1 fully saturated rings. The van der Waals surface area contributed by atoms with Crippen LogP contribution in [0.4, 0.5) is 5.82 Å². The van der Waals surface area contributed by atoms with E-state index in [0.29, 0.717) is 28.3 Å². The Hall–Kier alpha value is -2.27. The lowest BCUT2D eigenvalue weighted by Gasteiger charge is -2.11. The molecule has 6 nitrogen and oxygen atoms in total. The zero-order valence-corrected chi connectivity index (χ0v) is 18.7. The molecular weight excluding hydrogens is 416 g/mol. The van der Waals surface area contributed by atoms with Crippen LogP contribution in [0.2, 0.25) is 5.02 Å². The van der Waals surface area contributed by atoms with Crippen LogP contribution < -0.4 is 11.1 Å². The maximum atomic E-state index is 6.36. The number of imidazole rings is 1. The molecular formula is C22H25ClN6S. The average Bonchev–Trinajstić information content (AvgIpc) is 3.46. The minimum absolute atomic E-state index is 0.392. The number of benzene rings is 1. The van der Waals surface area contributed by atoms with Gasteiger partial charge in [-0.3, -0.25) is 0 Å². The standard InChI is InChI=1S/C22H25ClN6S/c1-14(2)25-8-3-9-29-21-19(20(24)26-13-27-21)28-22(29)30-18-11-16(10-17(23)12-18)7-6-15-4-5-15/h10-15,25H,3-5,8-9H2,1-2H3,(H2,24,26,27). The van der Waals surface area contributed by atoms with Crippen LogP contribution in [0.15, 0.2) is 34.6 Å². The summed E-state index contributed by atoms with van der Waals surface area (Å²) in [5.74, 6) is 7.48. The van der Waals surface area contributed by atoms with Gasteiger partial charge in [0.1, 0.15) is 6.33 Å². The predicted molar refractivity (Wildman–Crippen MR) is 123 cm³/mol. The number of hydrogen-bond acceptors (Lipinski definition) is 6. The van der Waals surface area contributed by atoms with Gasteiger partial charge in [-0.15, -0.1) is 0 Å². The highest BCUT2D eigenvalue weighted by molar-refractivity contribution is 7.99. The molecule has 2 aromatic heterocycles. The molecule has 0 saturated heterocycles. The molecule has 1 aliphatic carbocycles. The molecule has 1 aromatic carbocycles. The molecule has 1 aliphatic rings. The van der Waals surface area contributed by atoms with Crippen molar-refractivity contribution in [2.45, 2.75) is 55.7 Å². The number of aromatic nitrogens is 4. The fourth-order valence-electron chi connectivity index (χ4n) is 3.05. The summed E-state index contributed by atoms with van der Waals surface area (Å²) in [6, 6.07) is 6.36. The van der Waals surface area contributed by atoms with E-state index in [1.54, 1.807) is 11.8 Å². The molecule has 4 rings (SSSR count). The maximum Gasteiger partial charge on any atom is 0.175 e. The van der Waals surface area contributed by atoms with Crippen molar-refractivity contribution in [2.75, 3.05) is 12.3 Å². The quantitative estimate of drug-likeness (QED) is 0.419. The van der Waals surface area contributed by atoms with Crippen LogP contribution in [-0.4, -0.2) is 32.1 Å². The highest BCUT2D eigenvalue weighted by Crippen LogP contribution is 2.33. The number of nitrogens with zero attached hydrogens (tertiary/aromatic N) is 4. The van der Waals surface area contributed by atoms with Gasteiger partial charge in [0.25, 0.3) is 0 Å². The van der Waals surface area contributed by atoms with Gasteiger partial charge in [0.15, 0.2) is 22.1 Å². The molecule has 1 saturated carbocycles. The number of rotatable bonds is 7. The lowest BCUT2D eigenvalue weighted by atomic mass is 10.2. The fraction of sp³-hybridized carbons (Fsp3) is 0.409. The van der Waals surface area contributed by atoms with Crippen LogP contribution in [0.5, 0.6) is 0 Å². The van der Waals surface area contributed by atoms with Gasteiger partial charge >= 0.3 is 0 Å². The van der Waals surface area contributed by atoms with Crippen LogP contribution in [0, 0.1) is 17.8 Å². The summed E-state index contributed by atoms with van der Waals surface area (Å²) in [5.41, 5.74) is 8.38. The zero-order chi connectivity index (χ0) is 21.1. The van der Waals surface area contributed by atoms with Crippen LogP contribution in [0.1, 0.15) is 38.7 Å². The van der Waals surface area contributed by atoms with Crippen molar-refractivity contribution in [1.82, 2.24) is 24.8 Å². The van der Waals surface area contributed by atoms with Crippen LogP contribution >= 0.6 is 23.4 Å². The summed E-state index contributed by atoms with van der Waals surface area (Å²) in [6.45, 7) is 5.99. The number of nitrogens with one attached hydrogen (secondary N) is 1. The molecule has 0 atom stereocenters. The number of anilines is 1. The number of aryl methyl sites for hydroxylation is 1. The van der Waals surface area contributed by atoms with E-state index in [9.17, 15) is 0 Å². The number of hydrogen-bond donors (Lipinski definition) is 2. The second-order valence-electron chi connectivity index (χ2n) is 7.76. The lowest BCUT2D eigenvalue weighted by molar-refractivity contribution is 0.525. The normalized spacial score (nSPS) is 13.6. The predicted octanol–water partition coefficient (Wildman–Crippen LogP) is 4.36. The van der Waals surface area contributed by atoms with Crippen molar-refractivity contribution in [3.05, 3.63) is 35.1 Å². The van der Waals surface area contributed by atoms with Crippen LogP contribution in [-0.2, 0) is 6.54 Å². The third-order valence-corrected chi connectivity index (χ3v) is 5.90. The SMILES string of the molecule is CC(C)NCCCn1c(Sc2cc(Cl)cc(C#CC3CC3)c2)nc2c(N)ncnc21. The molecule has 3 N–H and O–H groups in total. The van der Waals surface area contributed by atoms with Gasteiger partial charge < -0.3 is 15.6 Å². The van der Waals surface area contributed by atoms with Gasteiger partial charge in [-0.05, 0) is 44.0 Å². The zero-order valence-electron chi connectivity index (χ0n) is 17.2. The molecule has 0 amide bonds. The summed E-state index contributed by atoms with van der Waals surface area (Å²) in [4.78, 5) is 14.3. The Morgan fingerprint density at radius 3 is 2.90 bits per heavy atom. The third kappa shape index (κ3) is 5.25. The van der Waals surface area contributed by atoms with E-state index in [4.69, 9.17) is 22.3 Å². The first kappa shape index (κ1) is 21.0. The molecule has 2 heterocycles. The van der Waals surface area contributed by atoms with E-state index in [1.165, 1.54) is 19.2 Å². The Balaban J connectivity index is 1.62. The van der Waals surface area contributed by atoms with Crippen molar-refractivity contribution in [1.29, 1.82) is 0 Å². The summed E-state index contributed by atoms with van der Waals surface area (Å²) in [7, 11) is 0. The number of halogens is 1. The number of nitrogens with two attached hydrogens (primary N) is 1. The van der Waals surface area contributed by atoms with Crippen LogP contribution in [0.3, 0.4) is 0 Å². The largest absolute Gasteiger partial charge is 0.382 e. The molecule has 156 valence electrons. The van der Waals surface area contributed by atoms with E-state index >= 15 is 0 Å². The second-order valence-corrected chi connectivity index (χ2v) is 9.24. The average molecular weight is 441 g/mol. The Morgan fingerprint density at radius 2 is 2.13 bits per heavy atom. The van der Waals surface area contributed by atoms with Gasteiger partial charge in [0, 0.05) is 34.0 Å². The Kier molecular flexibility index (Phi) is 6.47. The maximum absolute atomic E-state index is 6.36. The van der Waals surface area contributed by atoms with E-state index in [2.05, 4.69) is 51.6 Å². The fourth-order valence-corrected chi connectivity index (χ4v) is 4.36. The molecule has 0 spiro atoms. The summed E-state index contributed by atoms with van der Waals surface area (Å²) in [5, 5.41) is 4.94. The van der Waals surface area contributed by atoms with E-state index < -0.39 is 0 Å². The van der Waals surface area contributed by atoms with Crippen molar-refractivity contribution < 1.29 is 0 Å². The minimum Gasteiger partial charge on any atom is -0.382 e. The molecule has 30 heavy (non-hydrogen) atoms. The Bertz CT molecular complexity index is 1110. The molecule has 8 heteroatoms. The third-order valence-electron chi connectivity index (χ3n) is 4.71. The van der Waals surface area contributed by atoms with E-state index in [0.717, 1.165) is 40.8 Å². The summed E-state index contributed by atoms with van der Waals surface area (Å²) in [6.07, 6.45) is 4.84. The topological polar surface area (TPSA) is 81.7 Å². The lowest BCUT2D eigenvalue weighted by Crippen LogP contribution is -2.24. The van der Waals surface area contributed by atoms with Gasteiger partial charge in [-0.1, -0.05) is 49.1 Å². The van der Waals surface area contributed by atoms with Crippen LogP contribution in [0.25, 0.3) is 11.2 Å². The van der Waals surface area contributed by atoms with Gasteiger partial charge in [0.2, 0.25) is 0 Å².